The summed E-state index contributed by atoms with van der Waals surface area (Å²) in [7, 11) is 0. The van der Waals surface area contributed by atoms with Gasteiger partial charge in [-0.15, -0.1) is 0 Å². The Hall–Kier alpha value is -1.70. The molecule has 0 aliphatic carbocycles. The van der Waals surface area contributed by atoms with Crippen LogP contribution in [0.4, 0.5) is 0 Å². The van der Waals surface area contributed by atoms with Gasteiger partial charge in [0.2, 0.25) is 0 Å². The van der Waals surface area contributed by atoms with Crippen LogP contribution in [0.2, 0.25) is 0 Å². The second-order valence-corrected chi connectivity index (χ2v) is 6.68. The highest BCUT2D eigenvalue weighted by Gasteiger charge is 2.17. The zero-order chi connectivity index (χ0) is 15.1. The Kier molecular flexibility index (Phi) is 3.68. The van der Waals surface area contributed by atoms with E-state index >= 15 is 0 Å². The Bertz CT molecular complexity index is 606. The molecule has 2 rings (SSSR count). The summed E-state index contributed by atoms with van der Waals surface area (Å²) in [6.45, 7) is 15.1. The smallest absolute Gasteiger partial charge is 0.126 e. The summed E-state index contributed by atoms with van der Waals surface area (Å²) in [5, 5.41) is 0. The van der Waals surface area contributed by atoms with E-state index in [9.17, 15) is 0 Å². The van der Waals surface area contributed by atoms with Crippen molar-refractivity contribution in [3.63, 3.8) is 0 Å². The first-order chi connectivity index (χ1) is 9.18. The molecule has 2 nitrogen and oxygen atoms in total. The minimum atomic E-state index is 0.172. The number of rotatable bonds is 1. The molecule has 106 valence electrons. The van der Waals surface area contributed by atoms with Gasteiger partial charge in [0.25, 0.3) is 0 Å². The molecule has 0 unspecified atom stereocenters. The molecule has 1 heterocycles. The van der Waals surface area contributed by atoms with E-state index in [4.69, 9.17) is 0 Å². The molecule has 0 spiro atoms. The third-order valence-corrected chi connectivity index (χ3v) is 3.62. The summed E-state index contributed by atoms with van der Waals surface area (Å²) in [6.07, 6.45) is 0. The molecule has 0 saturated carbocycles. The first kappa shape index (κ1) is 14.7. The average Bonchev–Trinajstić information content (AvgIpc) is 2.25. The molecule has 2 aromatic rings. The van der Waals surface area contributed by atoms with Crippen LogP contribution in [0.5, 0.6) is 0 Å². The molecule has 2 heteroatoms. The monoisotopic (exact) mass is 268 g/mol. The summed E-state index contributed by atoms with van der Waals surface area (Å²) in [4.78, 5) is 8.97. The van der Waals surface area contributed by atoms with Gasteiger partial charge in [0.15, 0.2) is 0 Å². The van der Waals surface area contributed by atoms with Crippen LogP contribution in [0.1, 0.15) is 49.0 Å². The van der Waals surface area contributed by atoms with Crippen LogP contribution in [0.15, 0.2) is 18.2 Å². The minimum absolute atomic E-state index is 0.172. The fourth-order valence-corrected chi connectivity index (χ4v) is 2.65. The van der Waals surface area contributed by atoms with Crippen LogP contribution in [-0.2, 0) is 5.41 Å². The Morgan fingerprint density at radius 1 is 0.800 bits per heavy atom. The lowest BCUT2D eigenvalue weighted by atomic mass is 9.83. The molecule has 1 aromatic heterocycles. The number of hydrogen-bond donors (Lipinski definition) is 0. The largest absolute Gasteiger partial charge is 0.239 e. The summed E-state index contributed by atoms with van der Waals surface area (Å²) in [6, 6.07) is 6.64. The lowest BCUT2D eigenvalue weighted by Crippen LogP contribution is -2.12. The van der Waals surface area contributed by atoms with E-state index in [2.05, 4.69) is 62.8 Å². The van der Waals surface area contributed by atoms with E-state index in [1.165, 1.54) is 22.3 Å². The number of aromatic nitrogens is 2. The van der Waals surface area contributed by atoms with Crippen LogP contribution in [0.25, 0.3) is 11.3 Å². The van der Waals surface area contributed by atoms with Crippen molar-refractivity contribution in [1.82, 2.24) is 9.97 Å². The molecule has 0 aliphatic rings. The zero-order valence-electron chi connectivity index (χ0n) is 13.6. The predicted molar refractivity (Wildman–Crippen MR) is 85.1 cm³/mol. The van der Waals surface area contributed by atoms with Crippen molar-refractivity contribution in [2.45, 2.75) is 53.9 Å². The van der Waals surface area contributed by atoms with Crippen LogP contribution < -0.4 is 0 Å². The van der Waals surface area contributed by atoms with Crippen molar-refractivity contribution in [3.8, 4) is 11.3 Å². The van der Waals surface area contributed by atoms with Gasteiger partial charge in [-0.2, -0.15) is 0 Å². The van der Waals surface area contributed by atoms with Gasteiger partial charge in [0.05, 0.1) is 5.69 Å². The quantitative estimate of drug-likeness (QED) is 0.750. The molecule has 0 N–H and O–H groups in total. The van der Waals surface area contributed by atoms with E-state index in [0.717, 1.165) is 17.2 Å². The van der Waals surface area contributed by atoms with E-state index in [-0.39, 0.29) is 5.41 Å². The molecular weight excluding hydrogens is 244 g/mol. The normalized spacial score (nSPS) is 11.8. The van der Waals surface area contributed by atoms with Gasteiger partial charge in [-0.3, -0.25) is 0 Å². The number of benzene rings is 1. The van der Waals surface area contributed by atoms with Gasteiger partial charge in [0, 0.05) is 11.3 Å². The van der Waals surface area contributed by atoms with Crippen molar-refractivity contribution in [2.24, 2.45) is 0 Å². The molecule has 0 radical (unpaired) electrons. The van der Waals surface area contributed by atoms with Gasteiger partial charge >= 0.3 is 0 Å². The van der Waals surface area contributed by atoms with Crippen LogP contribution in [-0.4, -0.2) is 9.97 Å². The molecule has 20 heavy (non-hydrogen) atoms. The third-order valence-electron chi connectivity index (χ3n) is 3.62. The average molecular weight is 268 g/mol. The fourth-order valence-electron chi connectivity index (χ4n) is 2.65. The van der Waals surface area contributed by atoms with Gasteiger partial charge in [-0.05, 0) is 55.9 Å². The lowest BCUT2D eigenvalue weighted by molar-refractivity contribution is 0.589. The number of nitrogens with zero attached hydrogens (tertiary/aromatic N) is 2. The minimum Gasteiger partial charge on any atom is -0.239 e. The highest BCUT2D eigenvalue weighted by molar-refractivity contribution is 5.68. The fraction of sp³-hybridized carbons (Fsp3) is 0.444. The lowest BCUT2D eigenvalue weighted by Gasteiger charge is -2.22. The summed E-state index contributed by atoms with van der Waals surface area (Å²) < 4.78 is 0. The highest BCUT2D eigenvalue weighted by atomic mass is 14.9. The second-order valence-electron chi connectivity index (χ2n) is 6.68. The first-order valence-electron chi connectivity index (χ1n) is 7.13. The summed E-state index contributed by atoms with van der Waals surface area (Å²) >= 11 is 0. The number of aryl methyl sites for hydroxylation is 4. The van der Waals surface area contributed by atoms with Crippen molar-refractivity contribution >= 4 is 0 Å². The predicted octanol–water partition coefficient (Wildman–Crippen LogP) is 4.67. The zero-order valence-corrected chi connectivity index (χ0v) is 13.6. The molecule has 0 aliphatic heterocycles. The van der Waals surface area contributed by atoms with Gasteiger partial charge < -0.3 is 0 Å². The van der Waals surface area contributed by atoms with Gasteiger partial charge in [-0.1, -0.05) is 32.9 Å². The van der Waals surface area contributed by atoms with Crippen molar-refractivity contribution in [2.75, 3.05) is 0 Å². The molecule has 0 bridgehead atoms. The van der Waals surface area contributed by atoms with Crippen molar-refractivity contribution in [1.29, 1.82) is 0 Å². The van der Waals surface area contributed by atoms with E-state index in [0.29, 0.717) is 0 Å². The van der Waals surface area contributed by atoms with Gasteiger partial charge in [0.1, 0.15) is 5.82 Å². The van der Waals surface area contributed by atoms with Crippen LogP contribution >= 0.6 is 0 Å². The third kappa shape index (κ3) is 2.90. The summed E-state index contributed by atoms with van der Waals surface area (Å²) in [5.41, 5.74) is 7.41. The number of hydrogen-bond acceptors (Lipinski definition) is 2. The maximum atomic E-state index is 4.61. The van der Waals surface area contributed by atoms with Crippen LogP contribution in [0.3, 0.4) is 0 Å². The van der Waals surface area contributed by atoms with Gasteiger partial charge in [-0.25, -0.2) is 9.97 Å². The molecule has 0 saturated heterocycles. The Labute approximate surface area is 122 Å². The summed E-state index contributed by atoms with van der Waals surface area (Å²) in [5.74, 6) is 0.832. The van der Waals surface area contributed by atoms with E-state index in [1.807, 2.05) is 13.8 Å². The SMILES string of the molecule is Cc1cc(-c2c(C)cc(C(C)(C)C)cc2C)nc(C)n1. The van der Waals surface area contributed by atoms with E-state index < -0.39 is 0 Å². The molecule has 1 aromatic carbocycles. The van der Waals surface area contributed by atoms with E-state index in [1.54, 1.807) is 0 Å². The Morgan fingerprint density at radius 3 is 1.80 bits per heavy atom. The topological polar surface area (TPSA) is 25.8 Å². The van der Waals surface area contributed by atoms with Crippen molar-refractivity contribution < 1.29 is 0 Å². The van der Waals surface area contributed by atoms with Crippen molar-refractivity contribution in [3.05, 3.63) is 46.4 Å². The Balaban J connectivity index is 2.64. The maximum Gasteiger partial charge on any atom is 0.126 e. The molecule has 0 atom stereocenters. The Morgan fingerprint density at radius 2 is 1.35 bits per heavy atom. The molecule has 0 fully saturated rings. The first-order valence-corrected chi connectivity index (χ1v) is 7.13. The standard InChI is InChI=1S/C18H24N2/c1-11-8-15(18(5,6)7)9-12(2)17(11)16-10-13(3)19-14(4)20-16/h8-10H,1-7H3. The van der Waals surface area contributed by atoms with Crippen LogP contribution in [0, 0.1) is 27.7 Å². The second kappa shape index (κ2) is 5.01. The maximum absolute atomic E-state index is 4.61. The molecular formula is C18H24N2. The highest BCUT2D eigenvalue weighted by Crippen LogP contribution is 2.32. The molecule has 0 amide bonds.